The number of morpholine rings is 1. The summed E-state index contributed by atoms with van der Waals surface area (Å²) >= 11 is 6.31. The number of fused-ring (bicyclic) bond motifs is 2. The Morgan fingerprint density at radius 3 is 2.85 bits per heavy atom. The van der Waals surface area contributed by atoms with Crippen LogP contribution in [0.15, 0.2) is 18.2 Å². The fraction of sp³-hybridized carbons (Fsp3) is 0.579. The lowest BCUT2D eigenvalue weighted by atomic mass is 10.0. The fourth-order valence-electron chi connectivity index (χ4n) is 4.58. The number of likely N-dealkylation sites (tertiary alicyclic amines) is 2. The number of amides is 3. The summed E-state index contributed by atoms with van der Waals surface area (Å²) in [6.45, 7) is 4.60. The number of urea groups is 1. The van der Waals surface area contributed by atoms with Crippen LogP contribution in [0.1, 0.15) is 17.5 Å². The molecule has 4 aliphatic heterocycles. The lowest BCUT2D eigenvalue weighted by molar-refractivity contribution is -0.139. The Morgan fingerprint density at radius 1 is 1.19 bits per heavy atom. The molecular formula is C19H23ClN4O3. The van der Waals surface area contributed by atoms with Crippen molar-refractivity contribution >= 4 is 23.5 Å². The maximum atomic E-state index is 12.8. The quantitative estimate of drug-likeness (QED) is 0.778. The summed E-state index contributed by atoms with van der Waals surface area (Å²) in [5, 5.41) is 3.79. The van der Waals surface area contributed by atoms with E-state index in [1.165, 1.54) is 11.1 Å². The van der Waals surface area contributed by atoms with Crippen LogP contribution < -0.4 is 5.32 Å². The van der Waals surface area contributed by atoms with Crippen LogP contribution in [0.4, 0.5) is 4.79 Å². The van der Waals surface area contributed by atoms with Gasteiger partial charge in [-0.1, -0.05) is 23.7 Å². The van der Waals surface area contributed by atoms with Gasteiger partial charge in [0.05, 0.1) is 12.1 Å². The highest BCUT2D eigenvalue weighted by Gasteiger charge is 2.42. The molecule has 8 heteroatoms. The van der Waals surface area contributed by atoms with Gasteiger partial charge in [0.2, 0.25) is 5.91 Å². The van der Waals surface area contributed by atoms with Gasteiger partial charge >= 0.3 is 6.03 Å². The van der Waals surface area contributed by atoms with E-state index < -0.39 is 0 Å². The Labute approximate surface area is 163 Å². The minimum atomic E-state index is -0.0955. The Bertz CT molecular complexity index is 782. The second-order valence-electron chi connectivity index (χ2n) is 7.88. The van der Waals surface area contributed by atoms with E-state index in [9.17, 15) is 9.59 Å². The van der Waals surface area contributed by atoms with Crippen LogP contribution in [0, 0.1) is 0 Å². The standard InChI is InChI=1S/C19H23ClN4O3/c20-15-3-1-2-12-6-23(9-14(12)15)13-7-24(8-13)19(26)22-5-4-17-16(10-22)21-18(25)11-27-17/h1-3,13,16-17H,4-11H2,(H,21,25)/t16-,17+/m1/s1. The van der Waals surface area contributed by atoms with E-state index in [1.807, 2.05) is 21.9 Å². The van der Waals surface area contributed by atoms with Gasteiger partial charge in [-0.3, -0.25) is 9.69 Å². The van der Waals surface area contributed by atoms with E-state index in [1.54, 1.807) is 0 Å². The number of piperidine rings is 1. The van der Waals surface area contributed by atoms with Gasteiger partial charge in [0.1, 0.15) is 6.61 Å². The lowest BCUT2D eigenvalue weighted by Gasteiger charge is -2.48. The zero-order valence-corrected chi connectivity index (χ0v) is 15.8. The third kappa shape index (κ3) is 3.07. The molecule has 2 atom stereocenters. The fourth-order valence-corrected chi connectivity index (χ4v) is 4.83. The monoisotopic (exact) mass is 390 g/mol. The first-order valence-corrected chi connectivity index (χ1v) is 9.91. The molecule has 0 spiro atoms. The number of hydrogen-bond acceptors (Lipinski definition) is 4. The van der Waals surface area contributed by atoms with Crippen molar-refractivity contribution in [2.75, 3.05) is 32.8 Å². The molecule has 144 valence electrons. The predicted molar refractivity (Wildman–Crippen MR) is 99.3 cm³/mol. The van der Waals surface area contributed by atoms with Crippen molar-refractivity contribution in [3.05, 3.63) is 34.3 Å². The van der Waals surface area contributed by atoms with Crippen molar-refractivity contribution in [1.29, 1.82) is 0 Å². The second kappa shape index (κ2) is 6.65. The number of nitrogens with zero attached hydrogens (tertiary/aromatic N) is 3. The molecule has 0 aromatic heterocycles. The van der Waals surface area contributed by atoms with Gasteiger partial charge < -0.3 is 19.9 Å². The van der Waals surface area contributed by atoms with Gasteiger partial charge in [-0.25, -0.2) is 4.79 Å². The molecule has 0 bridgehead atoms. The summed E-state index contributed by atoms with van der Waals surface area (Å²) in [6, 6.07) is 6.44. The second-order valence-corrected chi connectivity index (χ2v) is 8.29. The number of hydrogen-bond donors (Lipinski definition) is 1. The van der Waals surface area contributed by atoms with E-state index in [4.69, 9.17) is 16.3 Å². The SMILES string of the molecule is O=C1CO[C@H]2CCN(C(=O)N3CC(N4Cc5cccc(Cl)c5C4)C3)C[C@H]2N1. The number of rotatable bonds is 1. The zero-order valence-electron chi connectivity index (χ0n) is 15.1. The van der Waals surface area contributed by atoms with Crippen LogP contribution in [0.25, 0.3) is 0 Å². The number of benzene rings is 1. The highest BCUT2D eigenvalue weighted by Crippen LogP contribution is 2.32. The largest absolute Gasteiger partial charge is 0.366 e. The number of nitrogens with one attached hydrogen (secondary N) is 1. The highest BCUT2D eigenvalue weighted by atomic mass is 35.5. The summed E-state index contributed by atoms with van der Waals surface area (Å²) in [6.07, 6.45) is 0.803. The topological polar surface area (TPSA) is 65.1 Å². The van der Waals surface area contributed by atoms with Gasteiger partial charge in [-0.05, 0) is 23.6 Å². The first-order valence-electron chi connectivity index (χ1n) is 9.53. The number of carbonyl (C=O) groups excluding carboxylic acids is 2. The molecule has 0 aliphatic carbocycles. The summed E-state index contributed by atoms with van der Waals surface area (Å²) < 4.78 is 5.57. The first-order chi connectivity index (χ1) is 13.1. The Morgan fingerprint density at radius 2 is 2.04 bits per heavy atom. The van der Waals surface area contributed by atoms with E-state index in [0.717, 1.165) is 37.6 Å². The van der Waals surface area contributed by atoms with Crippen molar-refractivity contribution in [3.8, 4) is 0 Å². The summed E-state index contributed by atoms with van der Waals surface area (Å²) in [7, 11) is 0. The number of carbonyl (C=O) groups is 2. The van der Waals surface area contributed by atoms with E-state index >= 15 is 0 Å². The molecule has 4 aliphatic rings. The van der Waals surface area contributed by atoms with Crippen LogP contribution in [-0.2, 0) is 22.6 Å². The zero-order chi connectivity index (χ0) is 18.5. The third-order valence-electron chi connectivity index (χ3n) is 6.19. The van der Waals surface area contributed by atoms with Gasteiger partial charge in [0, 0.05) is 50.3 Å². The van der Waals surface area contributed by atoms with Crippen LogP contribution >= 0.6 is 11.6 Å². The number of halogens is 1. The minimum Gasteiger partial charge on any atom is -0.366 e. The average Bonchev–Trinajstić information content (AvgIpc) is 3.05. The van der Waals surface area contributed by atoms with E-state index in [2.05, 4.69) is 16.3 Å². The van der Waals surface area contributed by atoms with Crippen molar-refractivity contribution in [2.24, 2.45) is 0 Å². The normalized spacial score (nSPS) is 28.4. The van der Waals surface area contributed by atoms with Crippen molar-refractivity contribution < 1.29 is 14.3 Å². The van der Waals surface area contributed by atoms with Crippen LogP contribution in [0.3, 0.4) is 0 Å². The summed E-state index contributed by atoms with van der Waals surface area (Å²) in [5.41, 5.74) is 2.52. The first kappa shape index (κ1) is 17.3. The van der Waals surface area contributed by atoms with Crippen LogP contribution in [0.2, 0.25) is 5.02 Å². The van der Waals surface area contributed by atoms with Gasteiger partial charge in [0.15, 0.2) is 0 Å². The van der Waals surface area contributed by atoms with Gasteiger partial charge in [0.25, 0.3) is 0 Å². The van der Waals surface area contributed by atoms with E-state index in [0.29, 0.717) is 19.1 Å². The van der Waals surface area contributed by atoms with Gasteiger partial charge in [-0.15, -0.1) is 0 Å². The third-order valence-corrected chi connectivity index (χ3v) is 6.55. The number of ether oxygens (including phenoxy) is 1. The molecule has 0 saturated carbocycles. The molecule has 1 aromatic rings. The molecule has 3 amide bonds. The van der Waals surface area contributed by atoms with Crippen LogP contribution in [-0.4, -0.2) is 77.6 Å². The molecule has 0 unspecified atom stereocenters. The molecule has 1 N–H and O–H groups in total. The average molecular weight is 391 g/mol. The smallest absolute Gasteiger partial charge is 0.320 e. The Balaban J connectivity index is 1.15. The maximum absolute atomic E-state index is 12.8. The molecule has 1 aromatic carbocycles. The van der Waals surface area contributed by atoms with Crippen molar-refractivity contribution in [3.63, 3.8) is 0 Å². The maximum Gasteiger partial charge on any atom is 0.320 e. The Kier molecular flexibility index (Phi) is 4.26. The highest BCUT2D eigenvalue weighted by molar-refractivity contribution is 6.31. The molecule has 0 radical (unpaired) electrons. The predicted octanol–water partition coefficient (Wildman–Crippen LogP) is 1.05. The molecule has 4 heterocycles. The molecular weight excluding hydrogens is 368 g/mol. The molecule has 3 fully saturated rings. The summed E-state index contributed by atoms with van der Waals surface area (Å²) in [4.78, 5) is 30.5. The van der Waals surface area contributed by atoms with Gasteiger partial charge in [-0.2, -0.15) is 0 Å². The van der Waals surface area contributed by atoms with Crippen LogP contribution in [0.5, 0.6) is 0 Å². The molecule has 3 saturated heterocycles. The van der Waals surface area contributed by atoms with Crippen molar-refractivity contribution in [2.45, 2.75) is 37.7 Å². The minimum absolute atomic E-state index is 0.0312. The Hall–Kier alpha value is -1.83. The summed E-state index contributed by atoms with van der Waals surface area (Å²) in [5.74, 6) is -0.0955. The molecule has 27 heavy (non-hydrogen) atoms. The molecule has 7 nitrogen and oxygen atoms in total. The lowest BCUT2D eigenvalue weighted by Crippen LogP contribution is -2.66. The molecule has 5 rings (SSSR count). The van der Waals surface area contributed by atoms with E-state index in [-0.39, 0.29) is 30.7 Å². The van der Waals surface area contributed by atoms with Crippen molar-refractivity contribution in [1.82, 2.24) is 20.0 Å².